The first-order chi connectivity index (χ1) is 7.90. The molecule has 3 rings (SSSR count). The maximum absolute atomic E-state index is 9.24. The van der Waals surface area contributed by atoms with Crippen LogP contribution in [0.25, 0.3) is 5.69 Å². The minimum absolute atomic E-state index is 0.0291. The Labute approximate surface area is 93.5 Å². The summed E-state index contributed by atoms with van der Waals surface area (Å²) in [6, 6.07) is 9.94. The van der Waals surface area contributed by atoms with Gasteiger partial charge in [0.15, 0.2) is 0 Å². The van der Waals surface area contributed by atoms with E-state index in [0.29, 0.717) is 11.6 Å². The van der Waals surface area contributed by atoms with E-state index in [9.17, 15) is 5.11 Å². The lowest BCUT2D eigenvalue weighted by Gasteiger charge is -2.05. The summed E-state index contributed by atoms with van der Waals surface area (Å²) < 4.78 is 1.85. The molecular formula is C12H13N3O. The second kappa shape index (κ2) is 3.72. The van der Waals surface area contributed by atoms with Crippen molar-refractivity contribution in [2.24, 2.45) is 0 Å². The van der Waals surface area contributed by atoms with Gasteiger partial charge in [0.25, 0.3) is 0 Å². The summed E-state index contributed by atoms with van der Waals surface area (Å²) in [7, 11) is 0. The summed E-state index contributed by atoms with van der Waals surface area (Å²) in [5.41, 5.74) is 2.80. The lowest BCUT2D eigenvalue weighted by atomic mass is 10.2. The molecule has 4 heteroatoms. The van der Waals surface area contributed by atoms with E-state index >= 15 is 0 Å². The summed E-state index contributed by atoms with van der Waals surface area (Å²) in [5.74, 6) is 0.525. The predicted molar refractivity (Wildman–Crippen MR) is 59.3 cm³/mol. The molecule has 1 aliphatic rings. The van der Waals surface area contributed by atoms with Crippen LogP contribution in [-0.2, 0) is 6.61 Å². The molecule has 0 aliphatic heterocycles. The molecule has 4 nitrogen and oxygen atoms in total. The van der Waals surface area contributed by atoms with Crippen LogP contribution in [0, 0.1) is 0 Å². The van der Waals surface area contributed by atoms with Crippen LogP contribution in [0.2, 0.25) is 0 Å². The molecule has 1 aromatic carbocycles. The molecule has 1 saturated carbocycles. The molecule has 1 fully saturated rings. The van der Waals surface area contributed by atoms with E-state index in [2.05, 4.69) is 10.3 Å². The lowest BCUT2D eigenvalue weighted by molar-refractivity contribution is 0.275. The van der Waals surface area contributed by atoms with Gasteiger partial charge in [0, 0.05) is 5.92 Å². The normalized spacial score (nSPS) is 15.3. The number of para-hydroxylation sites is 1. The van der Waals surface area contributed by atoms with Crippen LogP contribution in [-0.4, -0.2) is 20.1 Å². The maximum atomic E-state index is 9.24. The predicted octanol–water partition coefficient (Wildman–Crippen LogP) is 1.64. The number of benzene rings is 1. The van der Waals surface area contributed by atoms with Gasteiger partial charge < -0.3 is 5.11 Å². The zero-order chi connectivity index (χ0) is 11.0. The molecule has 0 atom stereocenters. The first-order valence-electron chi connectivity index (χ1n) is 5.51. The summed E-state index contributed by atoms with van der Waals surface area (Å²) in [6.45, 7) is -0.0291. The number of rotatable bonds is 3. The van der Waals surface area contributed by atoms with E-state index < -0.39 is 0 Å². The SMILES string of the molecule is OCc1nnn(-c2ccccc2)c1C1CC1. The summed E-state index contributed by atoms with van der Waals surface area (Å²) in [5, 5.41) is 17.4. The van der Waals surface area contributed by atoms with Gasteiger partial charge in [-0.15, -0.1) is 5.10 Å². The van der Waals surface area contributed by atoms with Crippen LogP contribution in [0.15, 0.2) is 30.3 Å². The molecule has 0 saturated heterocycles. The van der Waals surface area contributed by atoms with Gasteiger partial charge in [-0.1, -0.05) is 23.4 Å². The quantitative estimate of drug-likeness (QED) is 0.846. The van der Waals surface area contributed by atoms with Gasteiger partial charge in [-0.2, -0.15) is 0 Å². The Morgan fingerprint density at radius 3 is 2.62 bits per heavy atom. The smallest absolute Gasteiger partial charge is 0.112 e. The van der Waals surface area contributed by atoms with Crippen molar-refractivity contribution in [3.63, 3.8) is 0 Å². The van der Waals surface area contributed by atoms with E-state index in [1.165, 1.54) is 12.8 Å². The molecule has 0 radical (unpaired) electrons. The van der Waals surface area contributed by atoms with Crippen molar-refractivity contribution in [2.75, 3.05) is 0 Å². The van der Waals surface area contributed by atoms with E-state index in [4.69, 9.17) is 0 Å². The minimum atomic E-state index is -0.0291. The molecule has 1 N–H and O–H groups in total. The molecule has 0 amide bonds. The van der Waals surface area contributed by atoms with Gasteiger partial charge >= 0.3 is 0 Å². The zero-order valence-corrected chi connectivity index (χ0v) is 8.87. The Morgan fingerprint density at radius 1 is 1.25 bits per heavy atom. The first-order valence-corrected chi connectivity index (χ1v) is 5.51. The van der Waals surface area contributed by atoms with Crippen molar-refractivity contribution < 1.29 is 5.11 Å². The molecule has 2 aromatic rings. The highest BCUT2D eigenvalue weighted by Gasteiger charge is 2.31. The average Bonchev–Trinajstić information content (AvgIpc) is 3.09. The number of aliphatic hydroxyl groups excluding tert-OH is 1. The van der Waals surface area contributed by atoms with Crippen LogP contribution >= 0.6 is 0 Å². The van der Waals surface area contributed by atoms with Crippen molar-refractivity contribution in [3.05, 3.63) is 41.7 Å². The fourth-order valence-corrected chi connectivity index (χ4v) is 1.96. The maximum Gasteiger partial charge on any atom is 0.112 e. The van der Waals surface area contributed by atoms with Crippen molar-refractivity contribution >= 4 is 0 Å². The van der Waals surface area contributed by atoms with E-state index in [0.717, 1.165) is 11.4 Å². The monoisotopic (exact) mass is 215 g/mol. The standard InChI is InChI=1S/C12H13N3O/c16-8-11-12(9-6-7-9)15(14-13-11)10-4-2-1-3-5-10/h1-5,9,16H,6-8H2. The third-order valence-electron chi connectivity index (χ3n) is 2.89. The number of aliphatic hydroxyl groups is 1. The number of nitrogens with zero attached hydrogens (tertiary/aromatic N) is 3. The minimum Gasteiger partial charge on any atom is -0.390 e. The molecule has 1 aliphatic carbocycles. The van der Waals surface area contributed by atoms with Gasteiger partial charge in [0.05, 0.1) is 18.0 Å². The van der Waals surface area contributed by atoms with Gasteiger partial charge in [-0.05, 0) is 25.0 Å². The van der Waals surface area contributed by atoms with Gasteiger partial charge in [-0.3, -0.25) is 0 Å². The topological polar surface area (TPSA) is 50.9 Å². The zero-order valence-electron chi connectivity index (χ0n) is 8.87. The van der Waals surface area contributed by atoms with E-state index in [1.807, 2.05) is 35.0 Å². The second-order valence-electron chi connectivity index (χ2n) is 4.10. The first kappa shape index (κ1) is 9.54. The summed E-state index contributed by atoms with van der Waals surface area (Å²) >= 11 is 0. The van der Waals surface area contributed by atoms with Crippen LogP contribution in [0.1, 0.15) is 30.1 Å². The fourth-order valence-electron chi connectivity index (χ4n) is 1.96. The van der Waals surface area contributed by atoms with Gasteiger partial charge in [0.2, 0.25) is 0 Å². The Balaban J connectivity index is 2.10. The molecule has 0 unspecified atom stereocenters. The fraction of sp³-hybridized carbons (Fsp3) is 0.333. The third kappa shape index (κ3) is 1.51. The number of hydrogen-bond donors (Lipinski definition) is 1. The van der Waals surface area contributed by atoms with E-state index in [1.54, 1.807) is 0 Å². The number of hydrogen-bond acceptors (Lipinski definition) is 3. The van der Waals surface area contributed by atoms with Crippen molar-refractivity contribution in [1.82, 2.24) is 15.0 Å². The molecule has 1 heterocycles. The Morgan fingerprint density at radius 2 is 2.00 bits per heavy atom. The van der Waals surface area contributed by atoms with Crippen LogP contribution in [0.3, 0.4) is 0 Å². The van der Waals surface area contributed by atoms with Gasteiger partial charge in [0.1, 0.15) is 5.69 Å². The summed E-state index contributed by atoms with van der Waals surface area (Å²) in [4.78, 5) is 0. The second-order valence-corrected chi connectivity index (χ2v) is 4.10. The Hall–Kier alpha value is -1.68. The molecule has 82 valence electrons. The van der Waals surface area contributed by atoms with Gasteiger partial charge in [-0.25, -0.2) is 4.68 Å². The molecule has 1 aromatic heterocycles. The Bertz CT molecular complexity index is 488. The van der Waals surface area contributed by atoms with Crippen molar-refractivity contribution in [3.8, 4) is 5.69 Å². The molecule has 0 spiro atoms. The lowest BCUT2D eigenvalue weighted by Crippen LogP contribution is -2.02. The van der Waals surface area contributed by atoms with Crippen molar-refractivity contribution in [1.29, 1.82) is 0 Å². The Kier molecular flexibility index (Phi) is 2.22. The van der Waals surface area contributed by atoms with E-state index in [-0.39, 0.29) is 6.61 Å². The average molecular weight is 215 g/mol. The highest BCUT2D eigenvalue weighted by molar-refractivity contribution is 5.35. The molecule has 16 heavy (non-hydrogen) atoms. The number of aromatic nitrogens is 3. The van der Waals surface area contributed by atoms with Crippen LogP contribution in [0.5, 0.6) is 0 Å². The third-order valence-corrected chi connectivity index (χ3v) is 2.89. The molecular weight excluding hydrogens is 202 g/mol. The molecule has 0 bridgehead atoms. The van der Waals surface area contributed by atoms with Crippen LogP contribution < -0.4 is 0 Å². The summed E-state index contributed by atoms with van der Waals surface area (Å²) in [6.07, 6.45) is 2.35. The largest absolute Gasteiger partial charge is 0.390 e. The highest BCUT2D eigenvalue weighted by atomic mass is 16.3. The van der Waals surface area contributed by atoms with Crippen LogP contribution in [0.4, 0.5) is 0 Å². The highest BCUT2D eigenvalue weighted by Crippen LogP contribution is 2.41. The van der Waals surface area contributed by atoms with Crippen molar-refractivity contribution in [2.45, 2.75) is 25.4 Å².